The molecule has 0 spiro atoms. The summed E-state index contributed by atoms with van der Waals surface area (Å²) in [6.45, 7) is 1.64. The molecule has 0 aliphatic rings. The van der Waals surface area contributed by atoms with E-state index in [4.69, 9.17) is 14.7 Å². The molecule has 3 N–H and O–H groups in total. The zero-order valence-corrected chi connectivity index (χ0v) is 12.2. The highest BCUT2D eigenvalue weighted by Gasteiger charge is 2.23. The molecule has 0 unspecified atom stereocenters. The smallest absolute Gasteiger partial charge is 0.261 e. The highest BCUT2D eigenvalue weighted by molar-refractivity contribution is 6.08. The summed E-state index contributed by atoms with van der Waals surface area (Å²) in [6, 6.07) is 9.64. The minimum absolute atomic E-state index is 0.291. The normalized spacial score (nSPS) is 10.5. The minimum Gasteiger partial charge on any atom is -0.463 e. The lowest BCUT2D eigenvalue weighted by Gasteiger charge is -2.05. The Hall–Kier alpha value is -3.35. The molecule has 0 saturated heterocycles. The Morgan fingerprint density at radius 3 is 2.52 bits per heavy atom. The van der Waals surface area contributed by atoms with E-state index in [0.717, 1.165) is 0 Å². The molecule has 2 heterocycles. The average molecular weight is 311 g/mol. The van der Waals surface area contributed by atoms with Gasteiger partial charge in [-0.15, -0.1) is 0 Å². The van der Waals surface area contributed by atoms with Gasteiger partial charge in [-0.2, -0.15) is 0 Å². The molecular formula is C16H13N3O4. The molecule has 3 aromatic rings. The summed E-state index contributed by atoms with van der Waals surface area (Å²) in [5, 5.41) is 6.59. The lowest BCUT2D eigenvalue weighted by Crippen LogP contribution is -2.14. The van der Waals surface area contributed by atoms with Gasteiger partial charge in [-0.1, -0.05) is 5.16 Å². The van der Waals surface area contributed by atoms with E-state index in [0.29, 0.717) is 34.0 Å². The van der Waals surface area contributed by atoms with Gasteiger partial charge in [0.2, 0.25) is 5.91 Å². The molecule has 2 aromatic heterocycles. The number of anilines is 1. The number of rotatable bonds is 4. The van der Waals surface area contributed by atoms with Gasteiger partial charge in [0.1, 0.15) is 11.3 Å². The highest BCUT2D eigenvalue weighted by atomic mass is 16.5. The van der Waals surface area contributed by atoms with Crippen molar-refractivity contribution in [1.29, 1.82) is 0 Å². The summed E-state index contributed by atoms with van der Waals surface area (Å²) in [5.41, 5.74) is 6.68. The molecule has 1 aromatic carbocycles. The molecule has 0 aliphatic heterocycles. The molecule has 7 nitrogen and oxygen atoms in total. The van der Waals surface area contributed by atoms with Crippen LogP contribution in [0.5, 0.6) is 0 Å². The molecule has 7 heteroatoms. The lowest BCUT2D eigenvalue weighted by molar-refractivity contribution is 0.0998. The third kappa shape index (κ3) is 2.84. The van der Waals surface area contributed by atoms with Crippen LogP contribution in [-0.4, -0.2) is 17.0 Å². The van der Waals surface area contributed by atoms with Crippen LogP contribution in [-0.2, 0) is 0 Å². The topological polar surface area (TPSA) is 111 Å². The van der Waals surface area contributed by atoms with Crippen molar-refractivity contribution in [2.24, 2.45) is 5.73 Å². The average Bonchev–Trinajstić information content (AvgIpc) is 3.16. The third-order valence-corrected chi connectivity index (χ3v) is 3.27. The number of nitrogens with two attached hydrogens (primary N) is 1. The van der Waals surface area contributed by atoms with E-state index in [1.165, 1.54) is 18.4 Å². The lowest BCUT2D eigenvalue weighted by atomic mass is 10.1. The van der Waals surface area contributed by atoms with E-state index in [1.807, 2.05) is 0 Å². The second kappa shape index (κ2) is 5.80. The molecule has 3 rings (SSSR count). The number of aromatic nitrogens is 1. The summed E-state index contributed by atoms with van der Waals surface area (Å²) < 4.78 is 10.4. The number of carbonyl (C=O) groups is 2. The van der Waals surface area contributed by atoms with Gasteiger partial charge in [0.15, 0.2) is 11.5 Å². The Morgan fingerprint density at radius 1 is 1.17 bits per heavy atom. The van der Waals surface area contributed by atoms with Crippen molar-refractivity contribution < 1.29 is 18.5 Å². The summed E-state index contributed by atoms with van der Waals surface area (Å²) in [7, 11) is 0. The van der Waals surface area contributed by atoms with Crippen molar-refractivity contribution in [3.05, 3.63) is 59.5 Å². The van der Waals surface area contributed by atoms with E-state index in [2.05, 4.69) is 10.5 Å². The van der Waals surface area contributed by atoms with Crippen LogP contribution in [0.3, 0.4) is 0 Å². The van der Waals surface area contributed by atoms with E-state index in [-0.39, 0.29) is 5.91 Å². The van der Waals surface area contributed by atoms with E-state index in [1.54, 1.807) is 31.2 Å². The molecule has 0 fully saturated rings. The van der Waals surface area contributed by atoms with Crippen molar-refractivity contribution in [2.45, 2.75) is 6.92 Å². The number of furan rings is 1. The maximum Gasteiger partial charge on any atom is 0.261 e. The van der Waals surface area contributed by atoms with Crippen LogP contribution >= 0.6 is 0 Å². The number of benzene rings is 1. The number of carbonyl (C=O) groups excluding carboxylic acids is 2. The quantitative estimate of drug-likeness (QED) is 0.769. The van der Waals surface area contributed by atoms with Gasteiger partial charge in [-0.3, -0.25) is 9.59 Å². The largest absolute Gasteiger partial charge is 0.463 e. The minimum atomic E-state index is -0.530. The van der Waals surface area contributed by atoms with Crippen molar-refractivity contribution in [2.75, 3.05) is 5.32 Å². The summed E-state index contributed by atoms with van der Waals surface area (Å²) >= 11 is 0. The van der Waals surface area contributed by atoms with Crippen molar-refractivity contribution >= 4 is 17.5 Å². The Bertz CT molecular complexity index is 848. The van der Waals surface area contributed by atoms with Crippen LogP contribution in [0.1, 0.15) is 26.5 Å². The third-order valence-electron chi connectivity index (χ3n) is 3.27. The van der Waals surface area contributed by atoms with Crippen LogP contribution in [0, 0.1) is 6.92 Å². The Labute approximate surface area is 131 Å². The van der Waals surface area contributed by atoms with Crippen LogP contribution < -0.4 is 11.1 Å². The van der Waals surface area contributed by atoms with Crippen LogP contribution in [0.25, 0.3) is 11.5 Å². The monoisotopic (exact) mass is 311 g/mol. The summed E-state index contributed by atoms with van der Waals surface area (Å²) in [5.74, 6) is -0.0985. The number of nitrogens with one attached hydrogen (secondary N) is 1. The van der Waals surface area contributed by atoms with Crippen molar-refractivity contribution in [3.8, 4) is 11.5 Å². The fourth-order valence-corrected chi connectivity index (χ4v) is 2.13. The number of aryl methyl sites for hydroxylation is 1. The van der Waals surface area contributed by atoms with Gasteiger partial charge < -0.3 is 20.0 Å². The first-order valence-electron chi connectivity index (χ1n) is 6.77. The van der Waals surface area contributed by atoms with Gasteiger partial charge in [-0.05, 0) is 43.3 Å². The second-order valence-electron chi connectivity index (χ2n) is 4.84. The molecule has 0 saturated carbocycles. The molecule has 2 amide bonds. The van der Waals surface area contributed by atoms with Crippen LogP contribution in [0.2, 0.25) is 0 Å². The fraction of sp³-hybridized carbons (Fsp3) is 0.0625. The van der Waals surface area contributed by atoms with Gasteiger partial charge in [-0.25, -0.2) is 0 Å². The standard InChI is InChI=1S/C16H13N3O4/c1-9-13(14(19-23-9)12-3-2-8-22-12)16(21)18-11-6-4-10(5-7-11)15(17)20/h2-8H,1H3,(H2,17,20)(H,18,21). The van der Waals surface area contributed by atoms with Gasteiger partial charge in [0.25, 0.3) is 5.91 Å². The second-order valence-corrected chi connectivity index (χ2v) is 4.84. The summed E-state index contributed by atoms with van der Waals surface area (Å²) in [4.78, 5) is 23.5. The highest BCUT2D eigenvalue weighted by Crippen LogP contribution is 2.26. The zero-order chi connectivity index (χ0) is 16.4. The Morgan fingerprint density at radius 2 is 1.91 bits per heavy atom. The van der Waals surface area contributed by atoms with E-state index < -0.39 is 5.91 Å². The first kappa shape index (κ1) is 14.6. The molecule has 0 radical (unpaired) electrons. The van der Waals surface area contributed by atoms with Crippen molar-refractivity contribution in [3.63, 3.8) is 0 Å². The number of amides is 2. The molecule has 0 bridgehead atoms. The summed E-state index contributed by atoms with van der Waals surface area (Å²) in [6.07, 6.45) is 1.49. The maximum atomic E-state index is 12.5. The van der Waals surface area contributed by atoms with E-state index in [9.17, 15) is 9.59 Å². The molecular weight excluding hydrogens is 298 g/mol. The predicted octanol–water partition coefficient (Wildman–Crippen LogP) is 2.59. The first-order chi connectivity index (χ1) is 11.1. The number of hydrogen-bond donors (Lipinski definition) is 2. The molecule has 0 aliphatic carbocycles. The Balaban J connectivity index is 1.87. The number of hydrogen-bond acceptors (Lipinski definition) is 5. The Kier molecular flexibility index (Phi) is 3.68. The number of nitrogens with zero attached hydrogens (tertiary/aromatic N) is 1. The van der Waals surface area contributed by atoms with Crippen LogP contribution in [0.15, 0.2) is 51.6 Å². The van der Waals surface area contributed by atoms with Gasteiger partial charge >= 0.3 is 0 Å². The van der Waals surface area contributed by atoms with E-state index >= 15 is 0 Å². The molecule has 23 heavy (non-hydrogen) atoms. The SMILES string of the molecule is Cc1onc(-c2ccco2)c1C(=O)Nc1ccc(C(N)=O)cc1. The van der Waals surface area contributed by atoms with Gasteiger partial charge in [0, 0.05) is 11.3 Å². The van der Waals surface area contributed by atoms with Crippen molar-refractivity contribution in [1.82, 2.24) is 5.16 Å². The number of primary amides is 1. The van der Waals surface area contributed by atoms with Crippen LogP contribution in [0.4, 0.5) is 5.69 Å². The maximum absolute atomic E-state index is 12.5. The molecule has 0 atom stereocenters. The predicted molar refractivity (Wildman–Crippen MR) is 81.9 cm³/mol. The fourth-order valence-electron chi connectivity index (χ4n) is 2.13. The van der Waals surface area contributed by atoms with Gasteiger partial charge in [0.05, 0.1) is 6.26 Å². The molecule has 116 valence electrons. The zero-order valence-electron chi connectivity index (χ0n) is 12.2. The first-order valence-corrected chi connectivity index (χ1v) is 6.77.